The molecule has 1 saturated carbocycles. The fourth-order valence-electron chi connectivity index (χ4n) is 2.29. The lowest BCUT2D eigenvalue weighted by Gasteiger charge is -2.22. The van der Waals surface area contributed by atoms with Gasteiger partial charge in [0, 0.05) is 24.8 Å². The molecule has 0 atom stereocenters. The molecule has 1 aliphatic carbocycles. The average Bonchev–Trinajstić information content (AvgIpc) is 3.17. The number of hydrogen-bond donors (Lipinski definition) is 1. The van der Waals surface area contributed by atoms with Gasteiger partial charge in [-0.2, -0.15) is 0 Å². The molecule has 0 saturated heterocycles. The molecule has 98 valence electrons. The van der Waals surface area contributed by atoms with E-state index in [9.17, 15) is 4.79 Å². The Morgan fingerprint density at radius 2 is 2.11 bits per heavy atom. The highest BCUT2D eigenvalue weighted by atomic mass is 16.2. The van der Waals surface area contributed by atoms with Gasteiger partial charge < -0.3 is 10.2 Å². The Bertz CT molecular complexity index is 438. The Balaban J connectivity index is 2.29. The van der Waals surface area contributed by atoms with Crippen LogP contribution in [0.2, 0.25) is 0 Å². The van der Waals surface area contributed by atoms with Crippen molar-refractivity contribution in [3.05, 3.63) is 29.3 Å². The molecule has 3 heteroatoms. The summed E-state index contributed by atoms with van der Waals surface area (Å²) < 4.78 is 0. The van der Waals surface area contributed by atoms with Crippen LogP contribution in [0.3, 0.4) is 0 Å². The van der Waals surface area contributed by atoms with Crippen LogP contribution in [0.5, 0.6) is 0 Å². The van der Waals surface area contributed by atoms with E-state index in [-0.39, 0.29) is 5.91 Å². The van der Waals surface area contributed by atoms with Gasteiger partial charge in [0.15, 0.2) is 0 Å². The fraction of sp³-hybridized carbons (Fsp3) is 0.533. The van der Waals surface area contributed by atoms with E-state index in [4.69, 9.17) is 0 Å². The van der Waals surface area contributed by atoms with Crippen molar-refractivity contribution in [3.63, 3.8) is 0 Å². The molecule has 0 bridgehead atoms. The Morgan fingerprint density at radius 1 is 1.39 bits per heavy atom. The molecule has 0 unspecified atom stereocenters. The molecule has 0 spiro atoms. The summed E-state index contributed by atoms with van der Waals surface area (Å²) in [5, 5.41) is 3.28. The van der Waals surface area contributed by atoms with Crippen LogP contribution in [0.4, 0.5) is 5.69 Å². The highest BCUT2D eigenvalue weighted by molar-refractivity contribution is 6.00. The number of carbonyl (C=O) groups excluding carboxylic acids is 1. The van der Waals surface area contributed by atoms with Crippen LogP contribution in [0.15, 0.2) is 18.2 Å². The van der Waals surface area contributed by atoms with Gasteiger partial charge in [-0.15, -0.1) is 0 Å². The van der Waals surface area contributed by atoms with Crippen molar-refractivity contribution in [1.82, 2.24) is 4.90 Å². The number of nitrogens with one attached hydrogen (secondary N) is 1. The van der Waals surface area contributed by atoms with Gasteiger partial charge in [0.05, 0.1) is 5.56 Å². The quantitative estimate of drug-likeness (QED) is 0.866. The lowest BCUT2D eigenvalue weighted by atomic mass is 10.1. The molecule has 0 heterocycles. The molecule has 1 aromatic rings. The first-order valence-electron chi connectivity index (χ1n) is 6.82. The minimum Gasteiger partial charge on any atom is -0.385 e. The molecule has 0 aliphatic heterocycles. The number of rotatable bonds is 5. The number of hydrogen-bond acceptors (Lipinski definition) is 2. The van der Waals surface area contributed by atoms with Gasteiger partial charge in [-0.05, 0) is 45.7 Å². The zero-order valence-corrected chi connectivity index (χ0v) is 11.5. The van der Waals surface area contributed by atoms with Crippen molar-refractivity contribution in [3.8, 4) is 0 Å². The fourth-order valence-corrected chi connectivity index (χ4v) is 2.29. The van der Waals surface area contributed by atoms with Gasteiger partial charge in [0.2, 0.25) is 0 Å². The largest absolute Gasteiger partial charge is 0.385 e. The molecule has 1 N–H and O–H groups in total. The molecule has 1 aromatic carbocycles. The van der Waals surface area contributed by atoms with E-state index < -0.39 is 0 Å². The van der Waals surface area contributed by atoms with Crippen LogP contribution in [0.1, 0.15) is 42.6 Å². The normalized spacial score (nSPS) is 14.4. The van der Waals surface area contributed by atoms with E-state index in [0.29, 0.717) is 6.04 Å². The SMILES string of the molecule is CCNc1ccc(C)cc1C(=O)N(CC)C1CC1. The molecule has 3 nitrogen and oxygen atoms in total. The second-order valence-corrected chi connectivity index (χ2v) is 4.90. The highest BCUT2D eigenvalue weighted by Gasteiger charge is 2.32. The molecule has 0 radical (unpaired) electrons. The van der Waals surface area contributed by atoms with Gasteiger partial charge in [-0.25, -0.2) is 0 Å². The molecular formula is C15H22N2O. The zero-order valence-electron chi connectivity index (χ0n) is 11.5. The van der Waals surface area contributed by atoms with Crippen molar-refractivity contribution in [1.29, 1.82) is 0 Å². The van der Waals surface area contributed by atoms with E-state index in [0.717, 1.165) is 42.7 Å². The molecule has 1 fully saturated rings. The third-order valence-corrected chi connectivity index (χ3v) is 3.36. The van der Waals surface area contributed by atoms with Crippen molar-refractivity contribution < 1.29 is 4.79 Å². The third-order valence-electron chi connectivity index (χ3n) is 3.36. The maximum atomic E-state index is 12.6. The summed E-state index contributed by atoms with van der Waals surface area (Å²) in [6, 6.07) is 6.51. The van der Waals surface area contributed by atoms with Crippen LogP contribution in [0, 0.1) is 6.92 Å². The minimum atomic E-state index is 0.166. The molecular weight excluding hydrogens is 224 g/mol. The topological polar surface area (TPSA) is 32.3 Å². The number of anilines is 1. The third kappa shape index (κ3) is 2.66. The Labute approximate surface area is 109 Å². The first-order valence-corrected chi connectivity index (χ1v) is 6.82. The number of aryl methyl sites for hydroxylation is 1. The van der Waals surface area contributed by atoms with Gasteiger partial charge in [-0.3, -0.25) is 4.79 Å². The molecule has 18 heavy (non-hydrogen) atoms. The summed E-state index contributed by atoms with van der Waals surface area (Å²) in [5.41, 5.74) is 2.89. The maximum Gasteiger partial charge on any atom is 0.256 e. The van der Waals surface area contributed by atoms with E-state index in [1.807, 2.05) is 36.9 Å². The van der Waals surface area contributed by atoms with Crippen molar-refractivity contribution in [2.45, 2.75) is 39.7 Å². The van der Waals surface area contributed by atoms with Crippen molar-refractivity contribution in [2.24, 2.45) is 0 Å². The first kappa shape index (κ1) is 12.9. The number of carbonyl (C=O) groups is 1. The second-order valence-electron chi connectivity index (χ2n) is 4.90. The Hall–Kier alpha value is -1.51. The highest BCUT2D eigenvalue weighted by Crippen LogP contribution is 2.29. The van der Waals surface area contributed by atoms with Gasteiger partial charge in [-0.1, -0.05) is 11.6 Å². The van der Waals surface area contributed by atoms with Crippen molar-refractivity contribution >= 4 is 11.6 Å². The van der Waals surface area contributed by atoms with Crippen LogP contribution in [-0.2, 0) is 0 Å². The summed E-state index contributed by atoms with van der Waals surface area (Å²) in [6.07, 6.45) is 2.31. The van der Waals surface area contributed by atoms with E-state index in [2.05, 4.69) is 12.2 Å². The molecule has 1 amide bonds. The molecule has 0 aromatic heterocycles. The van der Waals surface area contributed by atoms with E-state index in [1.54, 1.807) is 0 Å². The van der Waals surface area contributed by atoms with Crippen LogP contribution in [0.25, 0.3) is 0 Å². The van der Waals surface area contributed by atoms with Gasteiger partial charge >= 0.3 is 0 Å². The lowest BCUT2D eigenvalue weighted by molar-refractivity contribution is 0.0753. The second kappa shape index (κ2) is 5.42. The molecule has 2 rings (SSSR count). The number of nitrogens with zero attached hydrogens (tertiary/aromatic N) is 1. The predicted molar refractivity (Wildman–Crippen MR) is 75.1 cm³/mol. The smallest absolute Gasteiger partial charge is 0.256 e. The summed E-state index contributed by atoms with van der Waals surface area (Å²) in [7, 11) is 0. The number of amides is 1. The summed E-state index contributed by atoms with van der Waals surface area (Å²) >= 11 is 0. The molecule has 1 aliphatic rings. The van der Waals surface area contributed by atoms with E-state index >= 15 is 0 Å². The van der Waals surface area contributed by atoms with Gasteiger partial charge in [0.25, 0.3) is 5.91 Å². The monoisotopic (exact) mass is 246 g/mol. The van der Waals surface area contributed by atoms with Gasteiger partial charge in [0.1, 0.15) is 0 Å². The van der Waals surface area contributed by atoms with E-state index in [1.165, 1.54) is 0 Å². The van der Waals surface area contributed by atoms with Crippen LogP contribution < -0.4 is 5.32 Å². The lowest BCUT2D eigenvalue weighted by Crippen LogP contribution is -2.33. The number of benzene rings is 1. The van der Waals surface area contributed by atoms with Crippen LogP contribution in [-0.4, -0.2) is 29.9 Å². The Kier molecular flexibility index (Phi) is 3.90. The average molecular weight is 246 g/mol. The van der Waals surface area contributed by atoms with Crippen LogP contribution >= 0.6 is 0 Å². The first-order chi connectivity index (χ1) is 8.67. The summed E-state index contributed by atoms with van der Waals surface area (Å²) in [6.45, 7) is 7.76. The predicted octanol–water partition coefficient (Wildman–Crippen LogP) is 3.05. The summed E-state index contributed by atoms with van der Waals surface area (Å²) in [4.78, 5) is 14.6. The standard InChI is InChI=1S/C15H22N2O/c1-4-16-14-9-6-11(3)10-13(14)15(18)17(5-2)12-7-8-12/h6,9-10,12,16H,4-5,7-8H2,1-3H3. The zero-order chi connectivity index (χ0) is 13.1. The minimum absolute atomic E-state index is 0.166. The van der Waals surface area contributed by atoms with Crippen molar-refractivity contribution in [2.75, 3.05) is 18.4 Å². The maximum absolute atomic E-state index is 12.6. The Morgan fingerprint density at radius 3 is 2.67 bits per heavy atom. The summed E-state index contributed by atoms with van der Waals surface area (Å²) in [5.74, 6) is 0.166.